The molecule has 1 aliphatic carbocycles. The second kappa shape index (κ2) is 6.16. The Kier molecular flexibility index (Phi) is 4.17. The highest BCUT2D eigenvalue weighted by Crippen LogP contribution is 2.42. The molecule has 0 spiro atoms. The molecule has 0 N–H and O–H groups in total. The van der Waals surface area contributed by atoms with Crippen molar-refractivity contribution < 1.29 is 17.7 Å². The molecule has 4 rings (SSSR count). The molecule has 2 saturated heterocycles. The van der Waals surface area contributed by atoms with Crippen LogP contribution in [0.5, 0.6) is 0 Å². The predicted octanol–water partition coefficient (Wildman–Crippen LogP) is 1.66. The molecule has 0 aromatic carbocycles. The van der Waals surface area contributed by atoms with Crippen LogP contribution in [0.4, 0.5) is 0 Å². The Bertz CT molecular complexity index is 647. The standard InChI is InChI=1S/C15H23N3O4S/c19-23(20,17-6-2-9-21-10-8-17)18-7-1-3-14(18)13-11-15(22-16-13)12-4-5-12/h11-12,14H,1-10H2. The molecule has 0 bridgehead atoms. The zero-order chi connectivity index (χ0) is 15.9. The molecule has 3 aliphatic rings. The third-order valence-corrected chi connectivity index (χ3v) is 6.92. The molecular formula is C15H23N3O4S. The summed E-state index contributed by atoms with van der Waals surface area (Å²) < 4.78 is 40.0. The molecular weight excluding hydrogens is 318 g/mol. The van der Waals surface area contributed by atoms with Gasteiger partial charge in [0.25, 0.3) is 10.2 Å². The third-order valence-electron chi connectivity index (χ3n) is 4.88. The van der Waals surface area contributed by atoms with Gasteiger partial charge in [0.05, 0.1) is 12.6 Å². The fourth-order valence-electron chi connectivity index (χ4n) is 3.44. The van der Waals surface area contributed by atoms with Gasteiger partial charge in [-0.1, -0.05) is 5.16 Å². The van der Waals surface area contributed by atoms with E-state index in [0.717, 1.165) is 43.6 Å². The number of hydrogen-bond acceptors (Lipinski definition) is 5. The van der Waals surface area contributed by atoms with Crippen molar-refractivity contribution in [2.45, 2.75) is 44.1 Å². The minimum atomic E-state index is -3.47. The van der Waals surface area contributed by atoms with Gasteiger partial charge in [0, 0.05) is 38.2 Å². The molecule has 7 nitrogen and oxygen atoms in total. The summed E-state index contributed by atoms with van der Waals surface area (Å²) in [6.45, 7) is 2.60. The van der Waals surface area contributed by atoms with Crippen LogP contribution in [0, 0.1) is 0 Å². The van der Waals surface area contributed by atoms with Gasteiger partial charge in [0.15, 0.2) is 0 Å². The number of hydrogen-bond donors (Lipinski definition) is 0. The first-order valence-corrected chi connectivity index (χ1v) is 9.87. The van der Waals surface area contributed by atoms with E-state index in [1.165, 1.54) is 0 Å². The lowest BCUT2D eigenvalue weighted by Gasteiger charge is -2.29. The van der Waals surface area contributed by atoms with Crippen molar-refractivity contribution in [3.05, 3.63) is 17.5 Å². The summed E-state index contributed by atoms with van der Waals surface area (Å²) in [6, 6.07) is 1.77. The van der Waals surface area contributed by atoms with Crippen LogP contribution in [0.2, 0.25) is 0 Å². The van der Waals surface area contributed by atoms with Gasteiger partial charge in [-0.25, -0.2) is 0 Å². The maximum absolute atomic E-state index is 13.0. The number of nitrogens with zero attached hydrogens (tertiary/aromatic N) is 3. The molecule has 2 aliphatic heterocycles. The molecule has 1 atom stereocenters. The first-order chi connectivity index (χ1) is 11.2. The zero-order valence-corrected chi connectivity index (χ0v) is 14.0. The molecule has 8 heteroatoms. The van der Waals surface area contributed by atoms with Crippen LogP contribution < -0.4 is 0 Å². The van der Waals surface area contributed by atoms with Crippen LogP contribution in [0.15, 0.2) is 10.6 Å². The summed E-state index contributed by atoms with van der Waals surface area (Å²) >= 11 is 0. The van der Waals surface area contributed by atoms with Gasteiger partial charge in [-0.15, -0.1) is 0 Å². The van der Waals surface area contributed by atoms with Crippen molar-refractivity contribution in [2.24, 2.45) is 0 Å². The average molecular weight is 341 g/mol. The number of rotatable bonds is 4. The highest BCUT2D eigenvalue weighted by Gasteiger charge is 2.41. The van der Waals surface area contributed by atoms with Crippen molar-refractivity contribution in [1.82, 2.24) is 13.8 Å². The number of ether oxygens (including phenoxy) is 1. The summed E-state index contributed by atoms with van der Waals surface area (Å²) in [7, 11) is -3.47. The summed E-state index contributed by atoms with van der Waals surface area (Å²) in [5, 5.41) is 4.16. The van der Waals surface area contributed by atoms with E-state index in [4.69, 9.17) is 9.26 Å². The lowest BCUT2D eigenvalue weighted by Crippen LogP contribution is -2.44. The van der Waals surface area contributed by atoms with Crippen LogP contribution in [0.25, 0.3) is 0 Å². The lowest BCUT2D eigenvalue weighted by atomic mass is 10.1. The van der Waals surface area contributed by atoms with Crippen molar-refractivity contribution >= 4 is 10.2 Å². The molecule has 3 heterocycles. The first kappa shape index (κ1) is 15.6. The topological polar surface area (TPSA) is 75.9 Å². The van der Waals surface area contributed by atoms with E-state index < -0.39 is 10.2 Å². The quantitative estimate of drug-likeness (QED) is 0.832. The van der Waals surface area contributed by atoms with Gasteiger partial charge in [-0.2, -0.15) is 17.0 Å². The maximum atomic E-state index is 13.0. The number of aromatic nitrogens is 1. The Hall–Kier alpha value is -0.960. The maximum Gasteiger partial charge on any atom is 0.282 e. The predicted molar refractivity (Wildman–Crippen MR) is 83.1 cm³/mol. The third kappa shape index (κ3) is 3.05. The molecule has 1 aromatic rings. The second-order valence-corrected chi connectivity index (χ2v) is 8.45. The highest BCUT2D eigenvalue weighted by molar-refractivity contribution is 7.86. The molecule has 0 amide bonds. The van der Waals surface area contributed by atoms with Crippen molar-refractivity contribution in [3.63, 3.8) is 0 Å². The summed E-state index contributed by atoms with van der Waals surface area (Å²) in [5.41, 5.74) is 0.763. The lowest BCUT2D eigenvalue weighted by molar-refractivity contribution is 0.147. The molecule has 128 valence electrons. The van der Waals surface area contributed by atoms with Gasteiger partial charge in [-0.3, -0.25) is 0 Å². The van der Waals surface area contributed by atoms with Gasteiger partial charge in [0.2, 0.25) is 0 Å². The van der Waals surface area contributed by atoms with Gasteiger partial charge < -0.3 is 9.26 Å². The monoisotopic (exact) mass is 341 g/mol. The van der Waals surface area contributed by atoms with E-state index >= 15 is 0 Å². The first-order valence-electron chi connectivity index (χ1n) is 8.47. The van der Waals surface area contributed by atoms with Gasteiger partial charge in [0.1, 0.15) is 11.5 Å². The fourth-order valence-corrected chi connectivity index (χ4v) is 5.29. The van der Waals surface area contributed by atoms with E-state index in [-0.39, 0.29) is 6.04 Å². The Morgan fingerprint density at radius 1 is 1.09 bits per heavy atom. The Morgan fingerprint density at radius 2 is 1.96 bits per heavy atom. The normalized spacial score (nSPS) is 28.1. The zero-order valence-electron chi connectivity index (χ0n) is 13.2. The fraction of sp³-hybridized carbons (Fsp3) is 0.800. The molecule has 1 saturated carbocycles. The van der Waals surface area contributed by atoms with Crippen molar-refractivity contribution in [2.75, 3.05) is 32.8 Å². The minimum absolute atomic E-state index is 0.194. The Balaban J connectivity index is 1.55. The molecule has 1 unspecified atom stereocenters. The van der Waals surface area contributed by atoms with Gasteiger partial charge >= 0.3 is 0 Å². The summed E-state index contributed by atoms with van der Waals surface area (Å²) in [6.07, 6.45) is 4.71. The Labute approximate surface area is 136 Å². The van der Waals surface area contributed by atoms with Crippen LogP contribution in [0.3, 0.4) is 0 Å². The van der Waals surface area contributed by atoms with Crippen LogP contribution in [0.1, 0.15) is 55.5 Å². The van der Waals surface area contributed by atoms with Crippen molar-refractivity contribution in [3.8, 4) is 0 Å². The minimum Gasteiger partial charge on any atom is -0.380 e. The Morgan fingerprint density at radius 3 is 2.78 bits per heavy atom. The van der Waals surface area contributed by atoms with E-state index in [9.17, 15) is 8.42 Å². The van der Waals surface area contributed by atoms with Gasteiger partial charge in [-0.05, 0) is 32.1 Å². The largest absolute Gasteiger partial charge is 0.380 e. The summed E-state index contributed by atoms with van der Waals surface area (Å²) in [4.78, 5) is 0. The van der Waals surface area contributed by atoms with E-state index in [0.29, 0.717) is 38.8 Å². The van der Waals surface area contributed by atoms with Crippen LogP contribution >= 0.6 is 0 Å². The average Bonchev–Trinajstić information content (AvgIpc) is 3.16. The van der Waals surface area contributed by atoms with E-state index in [2.05, 4.69) is 5.16 Å². The van der Waals surface area contributed by atoms with Crippen LogP contribution in [-0.2, 0) is 14.9 Å². The summed E-state index contributed by atoms with van der Waals surface area (Å²) in [5.74, 6) is 1.40. The molecule has 1 aromatic heterocycles. The smallest absolute Gasteiger partial charge is 0.282 e. The SMILES string of the molecule is O=S(=O)(N1CCCOCC1)N1CCCC1c1cc(C2CC2)on1. The molecule has 0 radical (unpaired) electrons. The highest BCUT2D eigenvalue weighted by atomic mass is 32.2. The molecule has 3 fully saturated rings. The molecule has 23 heavy (non-hydrogen) atoms. The van der Waals surface area contributed by atoms with Crippen LogP contribution in [-0.4, -0.2) is 55.0 Å². The van der Waals surface area contributed by atoms with E-state index in [1.54, 1.807) is 8.61 Å². The second-order valence-electron chi connectivity index (χ2n) is 6.57. The van der Waals surface area contributed by atoms with Crippen molar-refractivity contribution in [1.29, 1.82) is 0 Å². The van der Waals surface area contributed by atoms with E-state index in [1.807, 2.05) is 6.07 Å².